The first kappa shape index (κ1) is 43.4. The number of pyridine rings is 1. The topological polar surface area (TPSA) is 163 Å². The number of nitro benzene ring substituents is 1. The summed E-state index contributed by atoms with van der Waals surface area (Å²) in [6.45, 7) is 10.8. The molecule has 5 aliphatic rings. The standard InChI is InChI=1S/C49H54ClN7O7S/c1-49(2)13-11-41(33-4-6-36(50)7-5-33)35(25-49)29-54-15-17-55(18-16-54)38-9-10-42(46(22-38)64-39-21-34-12-14-51-47(34)52-26-39)48(58)53-65(61,62)40-23-44(57(59)60)43-20-32(30-63-45(43)24-40)28-56-27-31-3-8-37(56)19-31/h4-7,9-10,12,14,21-24,26,31-32,37H,3,8,11,13,15-20,25,27-30H2,1-2H3,(H,51,52)(H,53,58)/t31-,32+,37+/m0/s1. The van der Waals surface area contributed by atoms with Crippen molar-refractivity contribution in [1.82, 2.24) is 24.5 Å². The Morgan fingerprint density at radius 3 is 2.63 bits per heavy atom. The summed E-state index contributed by atoms with van der Waals surface area (Å²) in [7, 11) is -4.62. The third-order valence-corrected chi connectivity index (χ3v) is 15.8. The predicted molar refractivity (Wildman–Crippen MR) is 250 cm³/mol. The molecule has 2 N–H and O–H groups in total. The number of nitrogens with one attached hydrogen (secondary N) is 2. The van der Waals surface area contributed by atoms with E-state index in [0.717, 1.165) is 93.2 Å². The fourth-order valence-electron chi connectivity index (χ4n) is 10.8. The Labute approximate surface area is 384 Å². The first-order valence-corrected chi connectivity index (χ1v) is 24.5. The molecular formula is C49H54ClN7O7S. The first-order valence-electron chi connectivity index (χ1n) is 22.7. The van der Waals surface area contributed by atoms with Crippen molar-refractivity contribution in [3.05, 3.63) is 117 Å². The van der Waals surface area contributed by atoms with Crippen LogP contribution in [0.15, 0.2) is 89.6 Å². The Morgan fingerprint density at radius 1 is 1.06 bits per heavy atom. The van der Waals surface area contributed by atoms with Crippen LogP contribution in [0.5, 0.6) is 17.2 Å². The Bertz CT molecular complexity index is 2800. The van der Waals surface area contributed by atoms with Crippen molar-refractivity contribution in [3.8, 4) is 17.2 Å². The number of fused-ring (bicyclic) bond motifs is 4. The van der Waals surface area contributed by atoms with E-state index in [0.29, 0.717) is 36.0 Å². The summed E-state index contributed by atoms with van der Waals surface area (Å²) >= 11 is 6.24. The van der Waals surface area contributed by atoms with Crippen molar-refractivity contribution >= 4 is 55.5 Å². The lowest BCUT2D eigenvalue weighted by Gasteiger charge is -2.39. The van der Waals surface area contributed by atoms with Crippen molar-refractivity contribution in [2.45, 2.75) is 69.7 Å². The van der Waals surface area contributed by atoms with Crippen molar-refractivity contribution in [2.75, 3.05) is 57.3 Å². The molecule has 2 saturated heterocycles. The maximum atomic E-state index is 14.1. The number of H-pyrrole nitrogens is 1. The molecule has 3 aliphatic heterocycles. The zero-order valence-electron chi connectivity index (χ0n) is 36.7. The van der Waals surface area contributed by atoms with Gasteiger partial charge < -0.3 is 19.4 Å². The van der Waals surface area contributed by atoms with E-state index < -0.39 is 25.7 Å². The van der Waals surface area contributed by atoms with Gasteiger partial charge in [0.2, 0.25) is 0 Å². The Morgan fingerprint density at radius 2 is 1.88 bits per heavy atom. The maximum Gasteiger partial charge on any atom is 0.277 e. The van der Waals surface area contributed by atoms with Crippen LogP contribution >= 0.6 is 11.6 Å². The number of allylic oxidation sites excluding steroid dienone is 1. The molecule has 5 aromatic rings. The monoisotopic (exact) mass is 919 g/mol. The maximum absolute atomic E-state index is 14.1. The molecule has 5 heterocycles. The van der Waals surface area contributed by atoms with Crippen LogP contribution in [0.2, 0.25) is 5.02 Å². The van der Waals surface area contributed by atoms with E-state index in [1.807, 2.05) is 18.2 Å². The number of hydrogen-bond donors (Lipinski definition) is 2. The molecule has 0 radical (unpaired) electrons. The Hall–Kier alpha value is -5.48. The van der Waals surface area contributed by atoms with Crippen molar-refractivity contribution < 1.29 is 27.6 Å². The highest BCUT2D eigenvalue weighted by Crippen LogP contribution is 2.44. The number of sulfonamides is 1. The van der Waals surface area contributed by atoms with Gasteiger partial charge in [0.1, 0.15) is 22.9 Å². The van der Waals surface area contributed by atoms with Crippen LogP contribution < -0.4 is 19.1 Å². The van der Waals surface area contributed by atoms with Crippen LogP contribution in [0.25, 0.3) is 16.6 Å². The molecule has 2 aliphatic carbocycles. The second-order valence-electron chi connectivity index (χ2n) is 19.3. The molecular weight excluding hydrogens is 866 g/mol. The highest BCUT2D eigenvalue weighted by atomic mass is 35.5. The number of piperidine rings is 1. The van der Waals surface area contributed by atoms with Gasteiger partial charge in [0.25, 0.3) is 21.6 Å². The highest BCUT2D eigenvalue weighted by molar-refractivity contribution is 7.90. The van der Waals surface area contributed by atoms with Gasteiger partial charge >= 0.3 is 0 Å². The van der Waals surface area contributed by atoms with Gasteiger partial charge in [-0.1, -0.05) is 43.2 Å². The van der Waals surface area contributed by atoms with Gasteiger partial charge in [-0.25, -0.2) is 18.1 Å². The molecule has 2 bridgehead atoms. The van der Waals surface area contributed by atoms with E-state index in [-0.39, 0.29) is 34.1 Å². The first-order chi connectivity index (χ1) is 31.2. The number of aromatic nitrogens is 2. The largest absolute Gasteiger partial charge is 0.493 e. The highest BCUT2D eigenvalue weighted by Gasteiger charge is 2.40. The van der Waals surface area contributed by atoms with Gasteiger partial charge in [-0.05, 0) is 104 Å². The molecule has 3 aromatic carbocycles. The second-order valence-corrected chi connectivity index (χ2v) is 21.5. The molecule has 3 atom stereocenters. The number of carbonyl (C=O) groups excluding carboxylic acids is 1. The van der Waals surface area contributed by atoms with Crippen molar-refractivity contribution in [3.63, 3.8) is 0 Å². The number of hydrogen-bond acceptors (Lipinski definition) is 11. The molecule has 3 fully saturated rings. The molecule has 340 valence electrons. The normalized spacial score (nSPS) is 22.2. The Balaban J connectivity index is 0.873. The fourth-order valence-corrected chi connectivity index (χ4v) is 12.0. The third kappa shape index (κ3) is 9.20. The number of halogens is 1. The quantitative estimate of drug-likeness (QED) is 0.0908. The van der Waals surface area contributed by atoms with Gasteiger partial charge in [0.05, 0.1) is 33.7 Å². The predicted octanol–water partition coefficient (Wildman–Crippen LogP) is 8.86. The van der Waals surface area contributed by atoms with E-state index >= 15 is 0 Å². The summed E-state index contributed by atoms with van der Waals surface area (Å²) in [5.74, 6) is 0.451. The number of amides is 1. The average molecular weight is 921 g/mol. The number of rotatable bonds is 12. The number of nitrogens with zero attached hydrogens (tertiary/aromatic N) is 5. The van der Waals surface area contributed by atoms with Gasteiger partial charge in [-0.15, -0.1) is 0 Å². The van der Waals surface area contributed by atoms with Crippen LogP contribution in [-0.2, 0) is 16.4 Å². The molecule has 1 saturated carbocycles. The molecule has 65 heavy (non-hydrogen) atoms. The van der Waals surface area contributed by atoms with E-state index in [1.165, 1.54) is 48.2 Å². The number of carbonyl (C=O) groups is 1. The Kier molecular flexibility index (Phi) is 11.6. The van der Waals surface area contributed by atoms with Crippen LogP contribution in [0.1, 0.15) is 73.9 Å². The smallest absolute Gasteiger partial charge is 0.277 e. The number of piperazine rings is 1. The zero-order chi connectivity index (χ0) is 45.0. The average Bonchev–Trinajstić information content (AvgIpc) is 4.05. The molecule has 2 aromatic heterocycles. The van der Waals surface area contributed by atoms with Crippen molar-refractivity contribution in [1.29, 1.82) is 0 Å². The van der Waals surface area contributed by atoms with E-state index in [2.05, 4.69) is 55.4 Å². The lowest BCUT2D eigenvalue weighted by molar-refractivity contribution is -0.386. The number of anilines is 1. The number of ether oxygens (including phenoxy) is 2. The van der Waals surface area contributed by atoms with Gasteiger partial charge in [-0.2, -0.15) is 0 Å². The molecule has 10 rings (SSSR count). The minimum Gasteiger partial charge on any atom is -0.493 e. The zero-order valence-corrected chi connectivity index (χ0v) is 38.3. The summed E-state index contributed by atoms with van der Waals surface area (Å²) < 4.78 is 42.5. The summed E-state index contributed by atoms with van der Waals surface area (Å²) in [5, 5.41) is 14.0. The van der Waals surface area contributed by atoms with Crippen LogP contribution in [0.4, 0.5) is 11.4 Å². The number of likely N-dealkylation sites (tertiary alicyclic amines) is 1. The summed E-state index contributed by atoms with van der Waals surface area (Å²) in [6, 6.07) is 19.8. The fraction of sp³-hybridized carbons (Fsp3) is 0.429. The van der Waals surface area contributed by atoms with Crippen LogP contribution in [0, 0.1) is 27.4 Å². The van der Waals surface area contributed by atoms with Gasteiger partial charge in [-0.3, -0.25) is 24.7 Å². The van der Waals surface area contributed by atoms with Gasteiger partial charge in [0, 0.05) is 98.3 Å². The van der Waals surface area contributed by atoms with Crippen LogP contribution in [-0.4, -0.2) is 97.5 Å². The number of nitro groups is 1. The minimum absolute atomic E-state index is 0.0335. The number of benzene rings is 3. The number of aromatic amines is 1. The SMILES string of the molecule is CC1(C)CCC(c2ccc(Cl)cc2)=C(CN2CCN(c3ccc(C(=O)NS(=O)(=O)c4cc5c(c([N+](=O)[O-])c4)C[C@H](CN4C[C@H]6CC[C@@H]4C6)CO5)c(Oc4cnc5[nH]ccc5c4)c3)CC2)C1. The van der Waals surface area contributed by atoms with Gasteiger partial charge in [0.15, 0.2) is 0 Å². The second kappa shape index (κ2) is 17.4. The van der Waals surface area contributed by atoms with E-state index in [9.17, 15) is 23.3 Å². The summed E-state index contributed by atoms with van der Waals surface area (Å²) in [4.78, 5) is 40.2. The summed E-state index contributed by atoms with van der Waals surface area (Å²) in [6.07, 6.45) is 10.5. The minimum atomic E-state index is -4.62. The molecule has 1 amide bonds. The van der Waals surface area contributed by atoms with Crippen molar-refractivity contribution in [2.24, 2.45) is 17.3 Å². The lowest BCUT2D eigenvalue weighted by atomic mass is 9.73. The van der Waals surface area contributed by atoms with Crippen LogP contribution in [0.3, 0.4) is 0 Å². The molecule has 0 unspecified atom stereocenters. The summed E-state index contributed by atoms with van der Waals surface area (Å²) in [5.41, 5.74) is 5.82. The van der Waals surface area contributed by atoms with E-state index in [4.69, 9.17) is 21.1 Å². The molecule has 16 heteroatoms. The molecule has 14 nitrogen and oxygen atoms in total. The molecule has 0 spiro atoms. The van der Waals surface area contributed by atoms with E-state index in [1.54, 1.807) is 30.5 Å². The lowest BCUT2D eigenvalue weighted by Crippen LogP contribution is -2.47. The third-order valence-electron chi connectivity index (χ3n) is 14.2.